The summed E-state index contributed by atoms with van der Waals surface area (Å²) in [7, 11) is -4.11. The predicted octanol–water partition coefficient (Wildman–Crippen LogP) is 5.74. The first-order chi connectivity index (χ1) is 18.1. The van der Waals surface area contributed by atoms with E-state index in [1.165, 1.54) is 17.0 Å². The molecule has 3 rings (SSSR count). The van der Waals surface area contributed by atoms with Crippen LogP contribution in [0.3, 0.4) is 0 Å². The standard InChI is InChI=1S/C27H28Cl2IN3O4S/c1-3-25(27(35)31-4-2)32(17-19-10-11-20(28)16-24(19)29)26(34)18-33(22-14-12-21(30)13-15-22)38(36,37)23-8-6-5-7-9-23/h5-16,25H,3-4,17-18H2,1-2H3,(H,31,35)/t25-/m1/s1. The van der Waals surface area contributed by atoms with E-state index in [0.29, 0.717) is 34.3 Å². The zero-order valence-electron chi connectivity index (χ0n) is 20.9. The van der Waals surface area contributed by atoms with Gasteiger partial charge in [-0.1, -0.05) is 54.4 Å². The first-order valence-corrected chi connectivity index (χ1v) is 15.2. The third kappa shape index (κ3) is 7.40. The van der Waals surface area contributed by atoms with Crippen LogP contribution in [-0.2, 0) is 26.2 Å². The van der Waals surface area contributed by atoms with E-state index >= 15 is 0 Å². The Labute approximate surface area is 247 Å². The van der Waals surface area contributed by atoms with Crippen molar-refractivity contribution < 1.29 is 18.0 Å². The summed E-state index contributed by atoms with van der Waals surface area (Å²) in [4.78, 5) is 28.3. The highest BCUT2D eigenvalue weighted by atomic mass is 127. The molecule has 38 heavy (non-hydrogen) atoms. The Balaban J connectivity index is 2.06. The first-order valence-electron chi connectivity index (χ1n) is 11.9. The van der Waals surface area contributed by atoms with Gasteiger partial charge in [0.2, 0.25) is 11.8 Å². The lowest BCUT2D eigenvalue weighted by molar-refractivity contribution is -0.140. The Bertz CT molecular complexity index is 1370. The van der Waals surface area contributed by atoms with Crippen LogP contribution in [0, 0.1) is 3.57 Å². The van der Waals surface area contributed by atoms with Crippen LogP contribution >= 0.6 is 45.8 Å². The molecular weight excluding hydrogens is 660 g/mol. The summed E-state index contributed by atoms with van der Waals surface area (Å²) >= 11 is 14.6. The van der Waals surface area contributed by atoms with Crippen molar-refractivity contribution in [2.45, 2.75) is 37.8 Å². The summed E-state index contributed by atoms with van der Waals surface area (Å²) in [6.07, 6.45) is 0.317. The van der Waals surface area contributed by atoms with E-state index in [1.54, 1.807) is 74.5 Å². The van der Waals surface area contributed by atoms with Crippen molar-refractivity contribution in [1.29, 1.82) is 0 Å². The second kappa shape index (κ2) is 13.6. The van der Waals surface area contributed by atoms with Gasteiger partial charge in [0.15, 0.2) is 0 Å². The fourth-order valence-corrected chi connectivity index (χ4v) is 6.16. The van der Waals surface area contributed by atoms with Crippen molar-refractivity contribution >= 4 is 73.3 Å². The zero-order valence-corrected chi connectivity index (χ0v) is 25.4. The molecule has 0 aliphatic heterocycles. The number of benzene rings is 3. The molecule has 0 aliphatic rings. The van der Waals surface area contributed by atoms with Gasteiger partial charge in [0, 0.05) is 26.7 Å². The average Bonchev–Trinajstić information content (AvgIpc) is 2.89. The van der Waals surface area contributed by atoms with Crippen LogP contribution in [0.25, 0.3) is 0 Å². The van der Waals surface area contributed by atoms with Gasteiger partial charge in [-0.2, -0.15) is 0 Å². The maximum absolute atomic E-state index is 13.9. The second-order valence-electron chi connectivity index (χ2n) is 8.38. The monoisotopic (exact) mass is 687 g/mol. The summed E-state index contributed by atoms with van der Waals surface area (Å²) in [5, 5.41) is 3.55. The second-order valence-corrected chi connectivity index (χ2v) is 12.3. The molecule has 0 saturated carbocycles. The maximum atomic E-state index is 13.9. The molecule has 11 heteroatoms. The number of likely N-dealkylation sites (N-methyl/N-ethyl adjacent to an activating group) is 1. The van der Waals surface area contributed by atoms with Gasteiger partial charge in [0.1, 0.15) is 12.6 Å². The summed E-state index contributed by atoms with van der Waals surface area (Å²) in [5.41, 5.74) is 0.914. The Morgan fingerprint density at radius 3 is 2.21 bits per heavy atom. The van der Waals surface area contributed by atoms with Crippen molar-refractivity contribution in [3.8, 4) is 0 Å². The lowest BCUT2D eigenvalue weighted by atomic mass is 10.1. The van der Waals surface area contributed by atoms with E-state index in [2.05, 4.69) is 27.9 Å². The van der Waals surface area contributed by atoms with Gasteiger partial charge >= 0.3 is 0 Å². The molecule has 7 nitrogen and oxygen atoms in total. The predicted molar refractivity (Wildman–Crippen MR) is 160 cm³/mol. The van der Waals surface area contributed by atoms with Crippen molar-refractivity contribution in [3.63, 3.8) is 0 Å². The van der Waals surface area contributed by atoms with E-state index in [4.69, 9.17) is 23.2 Å². The largest absolute Gasteiger partial charge is 0.355 e. The minimum absolute atomic E-state index is 0.00358. The molecule has 0 fully saturated rings. The molecule has 202 valence electrons. The quantitative estimate of drug-likeness (QED) is 0.261. The van der Waals surface area contributed by atoms with E-state index in [1.807, 2.05) is 0 Å². The third-order valence-electron chi connectivity index (χ3n) is 5.82. The van der Waals surface area contributed by atoms with E-state index < -0.39 is 28.5 Å². The molecule has 3 aromatic rings. The van der Waals surface area contributed by atoms with Crippen LogP contribution in [0.15, 0.2) is 77.7 Å². The lowest BCUT2D eigenvalue weighted by Crippen LogP contribution is -2.52. The fourth-order valence-electron chi connectivity index (χ4n) is 3.90. The van der Waals surface area contributed by atoms with Gasteiger partial charge in [-0.05, 0) is 90.0 Å². The van der Waals surface area contributed by atoms with Crippen LogP contribution < -0.4 is 9.62 Å². The number of carbonyl (C=O) groups excluding carboxylic acids is 2. The van der Waals surface area contributed by atoms with Gasteiger partial charge < -0.3 is 10.2 Å². The van der Waals surface area contributed by atoms with Crippen molar-refractivity contribution in [1.82, 2.24) is 10.2 Å². The van der Waals surface area contributed by atoms with Gasteiger partial charge in [-0.25, -0.2) is 8.42 Å². The molecular formula is C27H28Cl2IN3O4S. The topological polar surface area (TPSA) is 86.8 Å². The van der Waals surface area contributed by atoms with Crippen LogP contribution in [0.4, 0.5) is 5.69 Å². The molecule has 0 unspecified atom stereocenters. The fraction of sp³-hybridized carbons (Fsp3) is 0.259. The summed E-state index contributed by atoms with van der Waals surface area (Å²) in [5.74, 6) is -0.882. The molecule has 1 N–H and O–H groups in total. The van der Waals surface area contributed by atoms with Crippen molar-refractivity contribution in [3.05, 3.63) is 92.0 Å². The number of halogens is 3. The van der Waals surface area contributed by atoms with Crippen LogP contribution in [0.2, 0.25) is 10.0 Å². The average molecular weight is 688 g/mol. The Morgan fingerprint density at radius 2 is 1.63 bits per heavy atom. The summed E-state index contributed by atoms with van der Waals surface area (Å²) in [6.45, 7) is 3.45. The van der Waals surface area contributed by atoms with Crippen molar-refractivity contribution in [2.75, 3.05) is 17.4 Å². The van der Waals surface area contributed by atoms with E-state index in [0.717, 1.165) is 7.88 Å². The Kier molecular flexibility index (Phi) is 10.8. The molecule has 1 atom stereocenters. The normalized spacial score (nSPS) is 12.0. The number of nitrogens with one attached hydrogen (secondary N) is 1. The number of amides is 2. The minimum Gasteiger partial charge on any atom is -0.355 e. The van der Waals surface area contributed by atoms with Crippen molar-refractivity contribution in [2.24, 2.45) is 0 Å². The van der Waals surface area contributed by atoms with Gasteiger partial charge in [0.25, 0.3) is 10.0 Å². The van der Waals surface area contributed by atoms with E-state index in [-0.39, 0.29) is 17.3 Å². The molecule has 0 radical (unpaired) electrons. The number of carbonyl (C=O) groups is 2. The van der Waals surface area contributed by atoms with Gasteiger partial charge in [0.05, 0.1) is 10.6 Å². The molecule has 0 saturated heterocycles. The van der Waals surface area contributed by atoms with Gasteiger partial charge in [-0.15, -0.1) is 0 Å². The first kappa shape index (κ1) is 30.2. The Hall–Kier alpha value is -2.34. The van der Waals surface area contributed by atoms with Crippen LogP contribution in [0.1, 0.15) is 25.8 Å². The Morgan fingerprint density at radius 1 is 0.974 bits per heavy atom. The molecule has 2 amide bonds. The zero-order chi connectivity index (χ0) is 27.9. The molecule has 3 aromatic carbocycles. The number of hydrogen-bond donors (Lipinski definition) is 1. The molecule has 0 heterocycles. The maximum Gasteiger partial charge on any atom is 0.264 e. The number of anilines is 1. The highest BCUT2D eigenvalue weighted by Crippen LogP contribution is 2.27. The number of sulfonamides is 1. The SMILES string of the molecule is CCNC(=O)[C@@H](CC)N(Cc1ccc(Cl)cc1Cl)C(=O)CN(c1ccc(I)cc1)S(=O)(=O)c1ccccc1. The van der Waals surface area contributed by atoms with Crippen LogP contribution in [-0.4, -0.2) is 44.3 Å². The number of rotatable bonds is 11. The smallest absolute Gasteiger partial charge is 0.264 e. The summed E-state index contributed by atoms with van der Waals surface area (Å²) in [6, 6.07) is 18.8. The molecule has 0 aromatic heterocycles. The highest BCUT2D eigenvalue weighted by Gasteiger charge is 2.33. The highest BCUT2D eigenvalue weighted by molar-refractivity contribution is 14.1. The summed E-state index contributed by atoms with van der Waals surface area (Å²) < 4.78 is 29.5. The molecule has 0 spiro atoms. The van der Waals surface area contributed by atoms with Gasteiger partial charge in [-0.3, -0.25) is 13.9 Å². The molecule has 0 bridgehead atoms. The van der Waals surface area contributed by atoms with Crippen LogP contribution in [0.5, 0.6) is 0 Å². The minimum atomic E-state index is -4.11. The van der Waals surface area contributed by atoms with E-state index in [9.17, 15) is 18.0 Å². The molecule has 0 aliphatic carbocycles. The third-order valence-corrected chi connectivity index (χ3v) is 8.91. The number of nitrogens with zero attached hydrogens (tertiary/aromatic N) is 2. The number of hydrogen-bond acceptors (Lipinski definition) is 4. The lowest BCUT2D eigenvalue weighted by Gasteiger charge is -2.33.